The van der Waals surface area contributed by atoms with Crippen LogP contribution in [0.5, 0.6) is 0 Å². The zero-order valence-corrected chi connectivity index (χ0v) is 21.3. The summed E-state index contributed by atoms with van der Waals surface area (Å²) in [6, 6.07) is 16.4. The number of hydrogen-bond acceptors (Lipinski definition) is 6. The molecule has 0 fully saturated rings. The molecule has 3 aromatic heterocycles. The largest absolute Gasteiger partial charge is 0.382 e. The maximum atomic E-state index is 14.0. The smallest absolute Gasteiger partial charge is 0.265 e. The van der Waals surface area contributed by atoms with Gasteiger partial charge < -0.3 is 11.1 Å². The molecule has 3 N–H and O–H groups in total. The predicted octanol–water partition coefficient (Wildman–Crippen LogP) is 3.96. The Morgan fingerprint density at radius 1 is 1.14 bits per heavy atom. The molecule has 0 bridgehead atoms. The summed E-state index contributed by atoms with van der Waals surface area (Å²) < 4.78 is 3.31. The lowest BCUT2D eigenvalue weighted by atomic mass is 10.0. The van der Waals surface area contributed by atoms with Gasteiger partial charge in [0, 0.05) is 30.2 Å². The van der Waals surface area contributed by atoms with Gasteiger partial charge in [-0.05, 0) is 43.5 Å². The van der Waals surface area contributed by atoms with Gasteiger partial charge in [-0.25, -0.2) is 4.98 Å². The van der Waals surface area contributed by atoms with Crippen LogP contribution in [0.15, 0.2) is 71.8 Å². The second kappa shape index (κ2) is 9.76. The van der Waals surface area contributed by atoms with Gasteiger partial charge in [0.25, 0.3) is 11.5 Å². The summed E-state index contributed by atoms with van der Waals surface area (Å²) in [4.78, 5) is 31.5. The quantitative estimate of drug-likeness (QED) is 0.357. The zero-order chi connectivity index (χ0) is 26.1. The number of fused-ring (bicyclic) bond motifs is 1. The van der Waals surface area contributed by atoms with Gasteiger partial charge in [-0.3, -0.25) is 18.8 Å². The lowest BCUT2D eigenvalue weighted by molar-refractivity contribution is 0.0943. The van der Waals surface area contributed by atoms with Gasteiger partial charge in [0.05, 0.1) is 28.2 Å². The fourth-order valence-electron chi connectivity index (χ4n) is 4.22. The average Bonchev–Trinajstić information content (AvgIpc) is 3.46. The van der Waals surface area contributed by atoms with Crippen LogP contribution in [0.25, 0.3) is 16.5 Å². The SMILES string of the molecule is Cc1nc(N)c(C(=O)N[C@@H](C)c2cc3cccc(C#Cc4cnn(C)c4)c3c(=O)n2-c2ccccc2)s1. The maximum Gasteiger partial charge on any atom is 0.265 e. The van der Waals surface area contributed by atoms with Crippen LogP contribution in [0.3, 0.4) is 0 Å². The van der Waals surface area contributed by atoms with E-state index >= 15 is 0 Å². The summed E-state index contributed by atoms with van der Waals surface area (Å²) >= 11 is 1.24. The third-order valence-electron chi connectivity index (χ3n) is 5.89. The van der Waals surface area contributed by atoms with Gasteiger partial charge in [0.1, 0.15) is 10.7 Å². The van der Waals surface area contributed by atoms with Crippen molar-refractivity contribution in [3.05, 3.63) is 104 Å². The number of nitrogens with two attached hydrogens (primary N) is 1. The van der Waals surface area contributed by atoms with Crippen LogP contribution in [0.4, 0.5) is 5.82 Å². The first kappa shape index (κ1) is 24.0. The van der Waals surface area contributed by atoms with E-state index in [1.807, 2.05) is 74.8 Å². The lowest BCUT2D eigenvalue weighted by Gasteiger charge is -2.21. The molecule has 0 saturated heterocycles. The molecule has 0 aliphatic rings. The molecule has 2 aromatic carbocycles. The number of para-hydroxylation sites is 1. The number of pyridine rings is 1. The monoisotopic (exact) mass is 508 g/mol. The zero-order valence-electron chi connectivity index (χ0n) is 20.5. The summed E-state index contributed by atoms with van der Waals surface area (Å²) in [5.74, 6) is 6.10. The fourth-order valence-corrected chi connectivity index (χ4v) is 4.96. The molecule has 184 valence electrons. The number of nitrogen functional groups attached to an aromatic ring is 1. The Labute approximate surface area is 217 Å². The van der Waals surface area contributed by atoms with Crippen molar-refractivity contribution in [3.63, 3.8) is 0 Å². The van der Waals surface area contributed by atoms with E-state index in [1.165, 1.54) is 11.3 Å². The number of aromatic nitrogens is 4. The van der Waals surface area contributed by atoms with Crippen LogP contribution in [-0.4, -0.2) is 25.2 Å². The van der Waals surface area contributed by atoms with Crippen molar-refractivity contribution in [2.24, 2.45) is 7.05 Å². The number of carbonyl (C=O) groups is 1. The van der Waals surface area contributed by atoms with Crippen molar-refractivity contribution < 1.29 is 4.79 Å². The Morgan fingerprint density at radius 2 is 1.92 bits per heavy atom. The number of nitrogens with zero attached hydrogens (tertiary/aromatic N) is 4. The number of amides is 1. The molecule has 0 unspecified atom stereocenters. The van der Waals surface area contributed by atoms with E-state index in [-0.39, 0.29) is 17.3 Å². The molecule has 0 spiro atoms. The van der Waals surface area contributed by atoms with Gasteiger partial charge in [-0.1, -0.05) is 42.2 Å². The summed E-state index contributed by atoms with van der Waals surface area (Å²) in [5, 5.41) is 9.09. The number of anilines is 1. The van der Waals surface area contributed by atoms with Gasteiger partial charge in [-0.15, -0.1) is 11.3 Å². The van der Waals surface area contributed by atoms with Gasteiger partial charge in [0.15, 0.2) is 0 Å². The summed E-state index contributed by atoms with van der Waals surface area (Å²) in [7, 11) is 1.83. The standard InChI is InChI=1S/C28H24N6O2S/c1-17(31-27(35)25-26(29)32-18(2)37-25)23-14-21-9-7-8-20(13-12-19-15-30-33(3)16-19)24(21)28(36)34(23)22-10-5-4-6-11-22/h4-11,14-17H,29H2,1-3H3,(H,31,35)/t17-/m0/s1. The van der Waals surface area contributed by atoms with Crippen LogP contribution < -0.4 is 16.6 Å². The summed E-state index contributed by atoms with van der Waals surface area (Å²) in [5.41, 5.74) is 8.41. The fraction of sp³-hybridized carbons (Fsp3) is 0.143. The van der Waals surface area contributed by atoms with Gasteiger partial charge >= 0.3 is 0 Å². The molecule has 0 aliphatic carbocycles. The predicted molar refractivity (Wildman–Crippen MR) is 146 cm³/mol. The van der Waals surface area contributed by atoms with Crippen molar-refractivity contribution in [1.82, 2.24) is 24.6 Å². The molecule has 9 heteroatoms. The Morgan fingerprint density at radius 3 is 2.59 bits per heavy atom. The number of nitrogens with one attached hydrogen (secondary N) is 1. The highest BCUT2D eigenvalue weighted by molar-refractivity contribution is 7.14. The van der Waals surface area contributed by atoms with Crippen molar-refractivity contribution in [1.29, 1.82) is 0 Å². The average molecular weight is 509 g/mol. The molecule has 3 heterocycles. The number of thiazole rings is 1. The van der Waals surface area contributed by atoms with Crippen molar-refractivity contribution in [3.8, 4) is 17.5 Å². The van der Waals surface area contributed by atoms with Crippen molar-refractivity contribution in [2.75, 3.05) is 5.73 Å². The number of aryl methyl sites for hydroxylation is 2. The van der Waals surface area contributed by atoms with Crippen LogP contribution in [-0.2, 0) is 7.05 Å². The van der Waals surface area contributed by atoms with E-state index < -0.39 is 6.04 Å². The number of benzene rings is 2. The van der Waals surface area contributed by atoms with Crippen LogP contribution >= 0.6 is 11.3 Å². The highest BCUT2D eigenvalue weighted by atomic mass is 32.1. The molecule has 1 amide bonds. The highest BCUT2D eigenvalue weighted by Crippen LogP contribution is 2.25. The Hall–Kier alpha value is -4.68. The molecule has 5 aromatic rings. The minimum atomic E-state index is -0.503. The maximum absolute atomic E-state index is 14.0. The minimum absolute atomic E-state index is 0.197. The van der Waals surface area contributed by atoms with Crippen LogP contribution in [0, 0.1) is 18.8 Å². The van der Waals surface area contributed by atoms with Crippen LogP contribution in [0.2, 0.25) is 0 Å². The van der Waals surface area contributed by atoms with E-state index in [0.29, 0.717) is 32.2 Å². The molecule has 5 rings (SSSR count). The first-order valence-corrected chi connectivity index (χ1v) is 12.4. The second-order valence-corrected chi connectivity index (χ2v) is 9.81. The Balaban J connectivity index is 1.65. The molecule has 0 radical (unpaired) electrons. The number of hydrogen-bond donors (Lipinski definition) is 2. The van der Waals surface area contributed by atoms with Gasteiger partial charge in [0.2, 0.25) is 0 Å². The Bertz CT molecular complexity index is 1750. The highest BCUT2D eigenvalue weighted by Gasteiger charge is 2.22. The van der Waals surface area contributed by atoms with E-state index in [0.717, 1.165) is 10.9 Å². The topological polar surface area (TPSA) is 108 Å². The molecule has 37 heavy (non-hydrogen) atoms. The van der Waals surface area contributed by atoms with E-state index in [9.17, 15) is 9.59 Å². The number of rotatable bonds is 4. The Kier molecular flexibility index (Phi) is 6.34. The van der Waals surface area contributed by atoms with E-state index in [2.05, 4.69) is 27.2 Å². The van der Waals surface area contributed by atoms with E-state index in [1.54, 1.807) is 22.4 Å². The molecule has 8 nitrogen and oxygen atoms in total. The van der Waals surface area contributed by atoms with E-state index in [4.69, 9.17) is 5.73 Å². The third kappa shape index (κ3) is 4.75. The lowest BCUT2D eigenvalue weighted by Crippen LogP contribution is -2.32. The molecular weight excluding hydrogens is 484 g/mol. The molecule has 0 aliphatic heterocycles. The van der Waals surface area contributed by atoms with Crippen molar-refractivity contribution in [2.45, 2.75) is 19.9 Å². The first-order chi connectivity index (χ1) is 17.8. The van der Waals surface area contributed by atoms with Crippen LogP contribution in [0.1, 0.15) is 44.5 Å². The first-order valence-electron chi connectivity index (χ1n) is 11.6. The minimum Gasteiger partial charge on any atom is -0.382 e. The number of carbonyl (C=O) groups excluding carboxylic acids is 1. The summed E-state index contributed by atoms with van der Waals surface area (Å²) in [6.45, 7) is 3.64. The third-order valence-corrected chi connectivity index (χ3v) is 6.88. The molecule has 0 saturated carbocycles. The second-order valence-electron chi connectivity index (χ2n) is 8.61. The normalized spacial score (nSPS) is 11.6. The molecule has 1 atom stereocenters. The summed E-state index contributed by atoms with van der Waals surface area (Å²) in [6.07, 6.45) is 3.50. The van der Waals surface area contributed by atoms with Crippen molar-refractivity contribution >= 4 is 33.8 Å². The molecular formula is C28H24N6O2S. The van der Waals surface area contributed by atoms with Gasteiger partial charge in [-0.2, -0.15) is 5.10 Å².